The van der Waals surface area contributed by atoms with E-state index in [4.69, 9.17) is 10.8 Å². The number of nitrogens with two attached hydrogens (primary N) is 1. The summed E-state index contributed by atoms with van der Waals surface area (Å²) >= 11 is 0. The summed E-state index contributed by atoms with van der Waals surface area (Å²) in [5, 5.41) is 8.54. The van der Waals surface area contributed by atoms with Crippen LogP contribution in [-0.2, 0) is 4.79 Å². The van der Waals surface area contributed by atoms with Gasteiger partial charge in [0.1, 0.15) is 6.04 Å². The number of carboxylic acid groups (broad SMARTS) is 1. The molecule has 1 aliphatic rings. The second kappa shape index (κ2) is 2.81. The fourth-order valence-electron chi connectivity index (χ4n) is 1.60. The molecule has 0 bridgehead atoms. The lowest BCUT2D eigenvalue weighted by Gasteiger charge is -2.39. The van der Waals surface area contributed by atoms with Crippen LogP contribution in [0.25, 0.3) is 0 Å². The minimum atomic E-state index is -0.877. The highest BCUT2D eigenvalue weighted by Crippen LogP contribution is 2.43. The molecule has 0 unspecified atom stereocenters. The van der Waals surface area contributed by atoms with Gasteiger partial charge in [-0.25, -0.2) is 0 Å². The Labute approximate surface area is 66.6 Å². The van der Waals surface area contributed by atoms with Gasteiger partial charge >= 0.3 is 5.97 Å². The predicted octanol–water partition coefficient (Wildman–Crippen LogP) is 0.979. The predicted molar refractivity (Wildman–Crippen MR) is 42.2 cm³/mol. The van der Waals surface area contributed by atoms with Gasteiger partial charge in [0.2, 0.25) is 0 Å². The van der Waals surface area contributed by atoms with Crippen molar-refractivity contribution < 1.29 is 9.90 Å². The van der Waals surface area contributed by atoms with Gasteiger partial charge in [-0.3, -0.25) is 4.79 Å². The molecule has 1 atom stereocenters. The number of hydrogen-bond donors (Lipinski definition) is 2. The Morgan fingerprint density at radius 2 is 2.27 bits per heavy atom. The summed E-state index contributed by atoms with van der Waals surface area (Å²) in [6.45, 7) is 2.11. The van der Waals surface area contributed by atoms with Crippen LogP contribution < -0.4 is 5.73 Å². The van der Waals surface area contributed by atoms with Crippen LogP contribution in [0, 0.1) is 5.41 Å². The fraction of sp³-hybridized carbons (Fsp3) is 0.875. The number of carboxylic acids is 1. The van der Waals surface area contributed by atoms with E-state index >= 15 is 0 Å². The van der Waals surface area contributed by atoms with Gasteiger partial charge in [-0.1, -0.05) is 13.3 Å². The van der Waals surface area contributed by atoms with Crippen molar-refractivity contribution in [2.45, 2.75) is 38.6 Å². The van der Waals surface area contributed by atoms with E-state index in [1.165, 1.54) is 6.42 Å². The first-order chi connectivity index (χ1) is 5.03. The first-order valence-corrected chi connectivity index (χ1v) is 4.02. The van der Waals surface area contributed by atoms with Crippen molar-refractivity contribution in [1.29, 1.82) is 0 Å². The fourth-order valence-corrected chi connectivity index (χ4v) is 1.60. The molecule has 1 aliphatic carbocycles. The Kier molecular flexibility index (Phi) is 2.18. The first-order valence-electron chi connectivity index (χ1n) is 4.02. The first kappa shape index (κ1) is 8.53. The van der Waals surface area contributed by atoms with Gasteiger partial charge in [-0.2, -0.15) is 0 Å². The van der Waals surface area contributed by atoms with Crippen molar-refractivity contribution in [3.63, 3.8) is 0 Å². The van der Waals surface area contributed by atoms with Crippen molar-refractivity contribution in [2.75, 3.05) is 0 Å². The van der Waals surface area contributed by atoms with E-state index in [-0.39, 0.29) is 5.41 Å². The van der Waals surface area contributed by atoms with Crippen molar-refractivity contribution in [2.24, 2.45) is 11.1 Å². The molecule has 3 nitrogen and oxygen atoms in total. The summed E-state index contributed by atoms with van der Waals surface area (Å²) in [4.78, 5) is 10.4. The third-order valence-corrected chi connectivity index (χ3v) is 2.59. The van der Waals surface area contributed by atoms with Crippen LogP contribution in [0.5, 0.6) is 0 Å². The van der Waals surface area contributed by atoms with Crippen LogP contribution in [0.4, 0.5) is 0 Å². The Morgan fingerprint density at radius 3 is 2.55 bits per heavy atom. The topological polar surface area (TPSA) is 63.3 Å². The quantitative estimate of drug-likeness (QED) is 0.641. The highest BCUT2D eigenvalue weighted by Gasteiger charge is 2.34. The molecule has 64 valence electrons. The lowest BCUT2D eigenvalue weighted by molar-refractivity contribution is -0.139. The average molecular weight is 157 g/mol. The zero-order valence-corrected chi connectivity index (χ0v) is 6.84. The molecule has 0 amide bonds. The molecule has 1 saturated carbocycles. The standard InChI is InChI=1S/C8H15NO2/c1-8(3-2-4-8)5-6(9)7(10)11/h6H,2-5,9H2,1H3,(H,10,11)/t6-/m1/s1. The molecular weight excluding hydrogens is 142 g/mol. The van der Waals surface area contributed by atoms with Crippen LogP contribution in [-0.4, -0.2) is 17.1 Å². The van der Waals surface area contributed by atoms with Crippen LogP contribution in [0.1, 0.15) is 32.6 Å². The van der Waals surface area contributed by atoms with Crippen molar-refractivity contribution >= 4 is 5.97 Å². The summed E-state index contributed by atoms with van der Waals surface area (Å²) in [7, 11) is 0. The smallest absolute Gasteiger partial charge is 0.320 e. The van der Waals surface area contributed by atoms with Crippen molar-refractivity contribution in [3.05, 3.63) is 0 Å². The summed E-state index contributed by atoms with van der Waals surface area (Å²) in [6, 6.07) is -0.666. The molecule has 0 radical (unpaired) electrons. The molecule has 11 heavy (non-hydrogen) atoms. The maximum Gasteiger partial charge on any atom is 0.320 e. The summed E-state index contributed by atoms with van der Waals surface area (Å²) in [6.07, 6.45) is 4.12. The highest BCUT2D eigenvalue weighted by molar-refractivity contribution is 5.73. The summed E-state index contributed by atoms with van der Waals surface area (Å²) < 4.78 is 0. The van der Waals surface area contributed by atoms with E-state index < -0.39 is 12.0 Å². The average Bonchev–Trinajstić information content (AvgIpc) is 1.84. The SMILES string of the molecule is CC1(C[C@@H](N)C(=O)O)CCC1. The van der Waals surface area contributed by atoms with E-state index in [9.17, 15) is 4.79 Å². The number of rotatable bonds is 3. The van der Waals surface area contributed by atoms with Crippen LogP contribution in [0.15, 0.2) is 0 Å². The Balaban J connectivity index is 2.35. The molecule has 3 N–H and O–H groups in total. The monoisotopic (exact) mass is 157 g/mol. The zero-order valence-electron chi connectivity index (χ0n) is 6.84. The normalized spacial score (nSPS) is 23.8. The second-order valence-electron chi connectivity index (χ2n) is 3.81. The molecule has 0 saturated heterocycles. The Morgan fingerprint density at radius 1 is 1.73 bits per heavy atom. The lowest BCUT2D eigenvalue weighted by atomic mass is 9.67. The van der Waals surface area contributed by atoms with Gasteiger partial charge in [0.05, 0.1) is 0 Å². The van der Waals surface area contributed by atoms with Crippen LogP contribution in [0.2, 0.25) is 0 Å². The van der Waals surface area contributed by atoms with Gasteiger partial charge in [-0.05, 0) is 24.7 Å². The van der Waals surface area contributed by atoms with Crippen molar-refractivity contribution in [1.82, 2.24) is 0 Å². The molecule has 0 aromatic heterocycles. The largest absolute Gasteiger partial charge is 0.480 e. The van der Waals surface area contributed by atoms with Crippen LogP contribution >= 0.6 is 0 Å². The van der Waals surface area contributed by atoms with Gasteiger partial charge in [0.15, 0.2) is 0 Å². The van der Waals surface area contributed by atoms with Gasteiger partial charge < -0.3 is 10.8 Å². The van der Waals surface area contributed by atoms with Crippen LogP contribution in [0.3, 0.4) is 0 Å². The maximum atomic E-state index is 10.4. The van der Waals surface area contributed by atoms with Gasteiger partial charge in [-0.15, -0.1) is 0 Å². The molecular formula is C8H15NO2. The summed E-state index contributed by atoms with van der Waals surface area (Å²) in [5.41, 5.74) is 5.63. The van der Waals surface area contributed by atoms with E-state index in [0.29, 0.717) is 6.42 Å². The zero-order chi connectivity index (χ0) is 8.48. The Hall–Kier alpha value is -0.570. The number of hydrogen-bond acceptors (Lipinski definition) is 2. The molecule has 0 aromatic rings. The minimum absolute atomic E-state index is 0.220. The summed E-state index contributed by atoms with van der Waals surface area (Å²) in [5.74, 6) is -0.877. The Bertz CT molecular complexity index is 163. The van der Waals surface area contributed by atoms with E-state index in [1.807, 2.05) is 0 Å². The van der Waals surface area contributed by atoms with E-state index in [0.717, 1.165) is 12.8 Å². The molecule has 3 heteroatoms. The third-order valence-electron chi connectivity index (χ3n) is 2.59. The molecule has 1 fully saturated rings. The molecule has 1 rings (SSSR count). The van der Waals surface area contributed by atoms with Gasteiger partial charge in [0.25, 0.3) is 0 Å². The molecule has 0 spiro atoms. The second-order valence-corrected chi connectivity index (χ2v) is 3.81. The van der Waals surface area contributed by atoms with Crippen molar-refractivity contribution in [3.8, 4) is 0 Å². The molecule has 0 heterocycles. The van der Waals surface area contributed by atoms with E-state index in [2.05, 4.69) is 6.92 Å². The van der Waals surface area contributed by atoms with E-state index in [1.54, 1.807) is 0 Å². The third kappa shape index (κ3) is 1.93. The number of aliphatic carboxylic acids is 1. The highest BCUT2D eigenvalue weighted by atomic mass is 16.4. The number of carbonyl (C=O) groups is 1. The lowest BCUT2D eigenvalue weighted by Crippen LogP contribution is -2.39. The van der Waals surface area contributed by atoms with Gasteiger partial charge in [0, 0.05) is 0 Å². The molecule has 0 aliphatic heterocycles. The maximum absolute atomic E-state index is 10.4. The minimum Gasteiger partial charge on any atom is -0.480 e. The molecule has 0 aromatic carbocycles.